The second kappa shape index (κ2) is 4.66. The summed E-state index contributed by atoms with van der Waals surface area (Å²) in [6.07, 6.45) is 0. The van der Waals surface area contributed by atoms with Crippen LogP contribution in [0.15, 0.2) is 27.1 Å². The second-order valence-electron chi connectivity index (χ2n) is 3.75. The van der Waals surface area contributed by atoms with Crippen molar-refractivity contribution in [3.63, 3.8) is 0 Å². The molecule has 0 aliphatic heterocycles. The third-order valence-electron chi connectivity index (χ3n) is 2.34. The van der Waals surface area contributed by atoms with Gasteiger partial charge in [-0.1, -0.05) is 6.07 Å². The number of carbonyl (C=O) groups is 1. The second-order valence-corrected chi connectivity index (χ2v) is 5.45. The van der Waals surface area contributed by atoms with Gasteiger partial charge in [0.2, 0.25) is 0 Å². The highest BCUT2D eigenvalue weighted by Gasteiger charge is 2.31. The lowest BCUT2D eigenvalue weighted by Crippen LogP contribution is -2.30. The van der Waals surface area contributed by atoms with Crippen LogP contribution in [0.5, 0.6) is 0 Å². The lowest BCUT2D eigenvalue weighted by Gasteiger charge is -2.22. The van der Waals surface area contributed by atoms with Gasteiger partial charge in [-0.2, -0.15) is 0 Å². The highest BCUT2D eigenvalue weighted by atomic mass is 79.9. The van der Waals surface area contributed by atoms with Crippen molar-refractivity contribution in [2.45, 2.75) is 19.3 Å². The summed E-state index contributed by atoms with van der Waals surface area (Å²) < 4.78 is 6.67. The maximum Gasteiger partial charge on any atom is 0.315 e. The molecule has 0 aliphatic rings. The lowest BCUT2D eigenvalue weighted by molar-refractivity contribution is -0.146. The standard InChI is InChI=1S/C11H12Br2O2/c1-11(2,10(14)15-3)7-4-5-8(12)9(13)6-7/h4-6H,1-3H3. The molecule has 0 amide bonds. The summed E-state index contributed by atoms with van der Waals surface area (Å²) >= 11 is 6.80. The highest BCUT2D eigenvalue weighted by Crippen LogP contribution is 2.31. The zero-order valence-electron chi connectivity index (χ0n) is 8.80. The number of ether oxygens (including phenoxy) is 1. The van der Waals surface area contributed by atoms with Gasteiger partial charge in [0.05, 0.1) is 12.5 Å². The van der Waals surface area contributed by atoms with Gasteiger partial charge in [-0.3, -0.25) is 4.79 Å². The first-order chi connectivity index (χ1) is 6.89. The lowest BCUT2D eigenvalue weighted by atomic mass is 9.85. The maximum absolute atomic E-state index is 11.6. The van der Waals surface area contributed by atoms with Crippen molar-refractivity contribution >= 4 is 37.8 Å². The van der Waals surface area contributed by atoms with Crippen LogP contribution in [0.2, 0.25) is 0 Å². The number of hydrogen-bond donors (Lipinski definition) is 0. The fraction of sp³-hybridized carbons (Fsp3) is 0.364. The molecule has 0 saturated heterocycles. The highest BCUT2D eigenvalue weighted by molar-refractivity contribution is 9.13. The SMILES string of the molecule is COC(=O)C(C)(C)c1ccc(Br)c(Br)c1. The fourth-order valence-electron chi connectivity index (χ4n) is 1.26. The fourth-order valence-corrected chi connectivity index (χ4v) is 1.88. The third-order valence-corrected chi connectivity index (χ3v) is 4.22. The summed E-state index contributed by atoms with van der Waals surface area (Å²) in [7, 11) is 1.40. The number of benzene rings is 1. The van der Waals surface area contributed by atoms with Gasteiger partial charge in [0, 0.05) is 8.95 Å². The van der Waals surface area contributed by atoms with Gasteiger partial charge in [0.1, 0.15) is 0 Å². The molecule has 0 aromatic heterocycles. The molecule has 0 spiro atoms. The monoisotopic (exact) mass is 334 g/mol. The molecule has 0 bridgehead atoms. The van der Waals surface area contributed by atoms with E-state index in [1.807, 2.05) is 32.0 Å². The molecule has 1 aromatic rings. The van der Waals surface area contributed by atoms with Crippen molar-refractivity contribution in [3.8, 4) is 0 Å². The van der Waals surface area contributed by atoms with Crippen LogP contribution in [0.4, 0.5) is 0 Å². The van der Waals surface area contributed by atoms with Crippen LogP contribution in [0, 0.1) is 0 Å². The quantitative estimate of drug-likeness (QED) is 0.771. The summed E-state index contributed by atoms with van der Waals surface area (Å²) in [5.74, 6) is -0.239. The third kappa shape index (κ3) is 2.61. The van der Waals surface area contributed by atoms with Gasteiger partial charge in [-0.15, -0.1) is 0 Å². The van der Waals surface area contributed by atoms with Gasteiger partial charge in [-0.25, -0.2) is 0 Å². The Hall–Kier alpha value is -0.350. The van der Waals surface area contributed by atoms with E-state index in [9.17, 15) is 4.79 Å². The summed E-state index contributed by atoms with van der Waals surface area (Å²) in [5.41, 5.74) is 0.294. The van der Waals surface area contributed by atoms with E-state index in [4.69, 9.17) is 4.74 Å². The molecular formula is C11H12Br2O2. The van der Waals surface area contributed by atoms with Crippen LogP contribution in [-0.4, -0.2) is 13.1 Å². The van der Waals surface area contributed by atoms with Gasteiger partial charge in [0.25, 0.3) is 0 Å². The van der Waals surface area contributed by atoms with Crippen LogP contribution < -0.4 is 0 Å². The van der Waals surface area contributed by atoms with Gasteiger partial charge in [-0.05, 0) is 63.4 Å². The van der Waals surface area contributed by atoms with E-state index < -0.39 is 5.41 Å². The number of carbonyl (C=O) groups excluding carboxylic acids is 1. The predicted molar refractivity (Wildman–Crippen MR) is 66.9 cm³/mol. The first-order valence-corrected chi connectivity index (χ1v) is 6.02. The molecule has 1 rings (SSSR count). The Bertz CT molecular complexity index is 386. The van der Waals surface area contributed by atoms with Crippen molar-refractivity contribution in [1.82, 2.24) is 0 Å². The summed E-state index contributed by atoms with van der Waals surface area (Å²) in [6, 6.07) is 5.73. The largest absolute Gasteiger partial charge is 0.468 e. The Morgan fingerprint density at radius 3 is 2.33 bits per heavy atom. The van der Waals surface area contributed by atoms with Crippen LogP contribution >= 0.6 is 31.9 Å². The Labute approximate surface area is 106 Å². The molecule has 0 N–H and O–H groups in total. The molecule has 0 aliphatic carbocycles. The zero-order chi connectivity index (χ0) is 11.6. The molecule has 0 saturated carbocycles. The first-order valence-electron chi connectivity index (χ1n) is 4.43. The van der Waals surface area contributed by atoms with Crippen LogP contribution in [-0.2, 0) is 14.9 Å². The summed E-state index contributed by atoms with van der Waals surface area (Å²) in [6.45, 7) is 3.68. The van der Waals surface area contributed by atoms with Crippen molar-refractivity contribution < 1.29 is 9.53 Å². The molecule has 2 nitrogen and oxygen atoms in total. The number of hydrogen-bond acceptors (Lipinski definition) is 2. The van der Waals surface area contributed by atoms with Crippen molar-refractivity contribution in [1.29, 1.82) is 0 Å². The molecule has 0 fully saturated rings. The van der Waals surface area contributed by atoms with Crippen LogP contribution in [0.1, 0.15) is 19.4 Å². The molecular weight excluding hydrogens is 324 g/mol. The van der Waals surface area contributed by atoms with Gasteiger partial charge in [0.15, 0.2) is 0 Å². The number of rotatable bonds is 2. The van der Waals surface area contributed by atoms with Crippen molar-refractivity contribution in [3.05, 3.63) is 32.7 Å². The number of esters is 1. The molecule has 4 heteroatoms. The summed E-state index contributed by atoms with van der Waals surface area (Å²) in [5, 5.41) is 0. The van der Waals surface area contributed by atoms with Crippen LogP contribution in [0.3, 0.4) is 0 Å². The van der Waals surface area contributed by atoms with E-state index in [0.717, 1.165) is 14.5 Å². The predicted octanol–water partition coefficient (Wildman–Crippen LogP) is 3.66. The first kappa shape index (κ1) is 12.7. The average molecular weight is 336 g/mol. The van der Waals surface area contributed by atoms with E-state index >= 15 is 0 Å². The Kier molecular flexibility index (Phi) is 3.95. The minimum atomic E-state index is -0.627. The van der Waals surface area contributed by atoms with E-state index in [0.29, 0.717) is 0 Å². The van der Waals surface area contributed by atoms with Gasteiger partial charge < -0.3 is 4.74 Å². The normalized spacial score (nSPS) is 11.3. The molecule has 1 aromatic carbocycles. The van der Waals surface area contributed by atoms with E-state index in [1.54, 1.807) is 0 Å². The molecule has 82 valence electrons. The van der Waals surface area contributed by atoms with E-state index in [-0.39, 0.29) is 5.97 Å². The Morgan fingerprint density at radius 2 is 1.87 bits per heavy atom. The Balaban J connectivity index is 3.16. The molecule has 0 radical (unpaired) electrons. The number of methoxy groups -OCH3 is 1. The molecule has 0 heterocycles. The molecule has 0 unspecified atom stereocenters. The molecule has 15 heavy (non-hydrogen) atoms. The van der Waals surface area contributed by atoms with Crippen molar-refractivity contribution in [2.24, 2.45) is 0 Å². The smallest absolute Gasteiger partial charge is 0.315 e. The number of halogens is 2. The average Bonchev–Trinajstić information content (AvgIpc) is 2.20. The van der Waals surface area contributed by atoms with E-state index in [1.165, 1.54) is 7.11 Å². The zero-order valence-corrected chi connectivity index (χ0v) is 12.0. The minimum Gasteiger partial charge on any atom is -0.468 e. The maximum atomic E-state index is 11.6. The minimum absolute atomic E-state index is 0.239. The van der Waals surface area contributed by atoms with Gasteiger partial charge >= 0.3 is 5.97 Å². The topological polar surface area (TPSA) is 26.3 Å². The Morgan fingerprint density at radius 1 is 1.27 bits per heavy atom. The van der Waals surface area contributed by atoms with Crippen LogP contribution in [0.25, 0.3) is 0 Å². The van der Waals surface area contributed by atoms with Crippen molar-refractivity contribution in [2.75, 3.05) is 7.11 Å². The van der Waals surface area contributed by atoms with E-state index in [2.05, 4.69) is 31.9 Å². The summed E-state index contributed by atoms with van der Waals surface area (Å²) in [4.78, 5) is 11.6. The molecule has 0 atom stereocenters.